The van der Waals surface area contributed by atoms with E-state index in [1.807, 2.05) is 0 Å². The summed E-state index contributed by atoms with van der Waals surface area (Å²) in [6, 6.07) is 0. The third kappa shape index (κ3) is 4.17. The standard InChI is InChI=1S/C10H20ClO4P/c1-6-14-16(13,15-7-2)9(11)8(12)10(3,4)5/h9H,6-7H2,1-5H3/t9-/m0/s1. The number of hydrogen-bond donors (Lipinski definition) is 0. The van der Waals surface area contributed by atoms with Gasteiger partial charge in [-0.2, -0.15) is 0 Å². The van der Waals surface area contributed by atoms with Gasteiger partial charge in [-0.15, -0.1) is 11.6 Å². The summed E-state index contributed by atoms with van der Waals surface area (Å²) >= 11 is 5.92. The Morgan fingerprint density at radius 1 is 1.25 bits per heavy atom. The summed E-state index contributed by atoms with van der Waals surface area (Å²) in [5, 5.41) is -1.24. The Labute approximate surface area is 102 Å². The lowest BCUT2D eigenvalue weighted by Crippen LogP contribution is -2.30. The van der Waals surface area contributed by atoms with Crippen molar-refractivity contribution >= 4 is 25.0 Å². The molecule has 0 radical (unpaired) electrons. The van der Waals surface area contributed by atoms with Gasteiger partial charge in [-0.3, -0.25) is 9.36 Å². The number of halogens is 1. The molecule has 0 spiro atoms. The molecule has 0 fully saturated rings. The van der Waals surface area contributed by atoms with E-state index >= 15 is 0 Å². The molecule has 0 heterocycles. The molecule has 96 valence electrons. The lowest BCUT2D eigenvalue weighted by molar-refractivity contribution is -0.124. The van der Waals surface area contributed by atoms with Crippen LogP contribution in [0.5, 0.6) is 0 Å². The van der Waals surface area contributed by atoms with Gasteiger partial charge >= 0.3 is 7.60 Å². The number of carbonyl (C=O) groups is 1. The Hall–Kier alpha value is 0.110. The maximum absolute atomic E-state index is 12.2. The van der Waals surface area contributed by atoms with Gasteiger partial charge in [-0.05, 0) is 13.8 Å². The normalized spacial score (nSPS) is 14.9. The molecule has 0 N–H and O–H groups in total. The highest BCUT2D eigenvalue weighted by Gasteiger charge is 2.43. The molecule has 0 saturated carbocycles. The number of ketones is 1. The average Bonchev–Trinajstić information content (AvgIpc) is 2.14. The third-order valence-electron chi connectivity index (χ3n) is 1.85. The van der Waals surface area contributed by atoms with Crippen LogP contribution in [0.4, 0.5) is 0 Å². The second-order valence-corrected chi connectivity index (χ2v) is 7.18. The highest BCUT2D eigenvalue weighted by molar-refractivity contribution is 7.57. The van der Waals surface area contributed by atoms with E-state index in [9.17, 15) is 9.36 Å². The van der Waals surface area contributed by atoms with Crippen molar-refractivity contribution in [2.75, 3.05) is 13.2 Å². The van der Waals surface area contributed by atoms with Crippen molar-refractivity contribution < 1.29 is 18.4 Å². The quantitative estimate of drug-likeness (QED) is 0.548. The molecule has 0 aliphatic carbocycles. The maximum atomic E-state index is 12.2. The summed E-state index contributed by atoms with van der Waals surface area (Å²) in [6.07, 6.45) is 0. The van der Waals surface area contributed by atoms with Gasteiger partial charge in [0.2, 0.25) is 0 Å². The minimum atomic E-state index is -3.55. The fraction of sp³-hybridized carbons (Fsp3) is 0.900. The van der Waals surface area contributed by atoms with Crippen molar-refractivity contribution in [3.8, 4) is 0 Å². The number of Topliss-reactive ketones (excluding diaryl/α,β-unsaturated/α-hetero) is 1. The van der Waals surface area contributed by atoms with Crippen LogP contribution in [0, 0.1) is 5.41 Å². The van der Waals surface area contributed by atoms with Crippen LogP contribution in [0.25, 0.3) is 0 Å². The van der Waals surface area contributed by atoms with Crippen LogP contribution in [0.3, 0.4) is 0 Å². The second kappa shape index (κ2) is 6.15. The third-order valence-corrected chi connectivity index (χ3v) is 4.79. The van der Waals surface area contributed by atoms with Gasteiger partial charge < -0.3 is 9.05 Å². The van der Waals surface area contributed by atoms with E-state index in [1.165, 1.54) is 0 Å². The van der Waals surface area contributed by atoms with Crippen molar-refractivity contribution in [3.63, 3.8) is 0 Å². The summed E-state index contributed by atoms with van der Waals surface area (Å²) in [7, 11) is -3.55. The predicted molar refractivity (Wildman–Crippen MR) is 65.0 cm³/mol. The zero-order valence-corrected chi connectivity index (χ0v) is 12.1. The van der Waals surface area contributed by atoms with Gasteiger partial charge in [0.05, 0.1) is 13.2 Å². The SMILES string of the molecule is CCOP(=O)(OCC)[C@H](Cl)C(=O)C(C)(C)C. The molecule has 0 saturated heterocycles. The van der Waals surface area contributed by atoms with Crippen LogP contribution >= 0.6 is 19.2 Å². The molecular weight excluding hydrogens is 251 g/mol. The smallest absolute Gasteiger partial charge is 0.308 e. The molecule has 0 aliphatic rings. The Kier molecular flexibility index (Phi) is 6.20. The van der Waals surface area contributed by atoms with Crippen molar-refractivity contribution in [2.45, 2.75) is 39.7 Å². The highest BCUT2D eigenvalue weighted by atomic mass is 35.5. The van der Waals surface area contributed by atoms with Gasteiger partial charge in [-0.1, -0.05) is 20.8 Å². The lowest BCUT2D eigenvalue weighted by Gasteiger charge is -2.26. The van der Waals surface area contributed by atoms with E-state index in [0.29, 0.717) is 0 Å². The molecule has 6 heteroatoms. The van der Waals surface area contributed by atoms with Crippen molar-refractivity contribution in [2.24, 2.45) is 5.41 Å². The molecule has 0 amide bonds. The first kappa shape index (κ1) is 16.1. The zero-order chi connectivity index (χ0) is 13.0. The van der Waals surface area contributed by atoms with E-state index in [1.54, 1.807) is 34.6 Å². The van der Waals surface area contributed by atoms with E-state index < -0.39 is 18.1 Å². The number of rotatable bonds is 6. The first-order valence-corrected chi connectivity index (χ1v) is 7.31. The van der Waals surface area contributed by atoms with E-state index in [0.717, 1.165) is 0 Å². The Bertz CT molecular complexity index is 275. The Morgan fingerprint density at radius 3 is 1.88 bits per heavy atom. The predicted octanol–water partition coefficient (Wildman–Crippen LogP) is 3.43. The summed E-state index contributed by atoms with van der Waals surface area (Å²) < 4.78 is 22.3. The van der Waals surface area contributed by atoms with Crippen LogP contribution in [-0.4, -0.2) is 24.1 Å². The minimum Gasteiger partial charge on any atom is -0.308 e. The highest BCUT2D eigenvalue weighted by Crippen LogP contribution is 2.56. The zero-order valence-electron chi connectivity index (χ0n) is 10.4. The molecule has 0 rings (SSSR count). The van der Waals surface area contributed by atoms with Crippen LogP contribution in [0.2, 0.25) is 0 Å². The first-order valence-electron chi connectivity index (χ1n) is 5.26. The van der Waals surface area contributed by atoms with Gasteiger partial charge in [0, 0.05) is 5.41 Å². The van der Waals surface area contributed by atoms with E-state index in [4.69, 9.17) is 20.6 Å². The van der Waals surface area contributed by atoms with Crippen LogP contribution in [0.1, 0.15) is 34.6 Å². The number of carbonyl (C=O) groups excluding carboxylic acids is 1. The van der Waals surface area contributed by atoms with Crippen molar-refractivity contribution in [3.05, 3.63) is 0 Å². The lowest BCUT2D eigenvalue weighted by atomic mass is 9.92. The van der Waals surface area contributed by atoms with Gasteiger partial charge in [-0.25, -0.2) is 0 Å². The molecule has 4 nitrogen and oxygen atoms in total. The number of alkyl halides is 1. The maximum Gasteiger partial charge on any atom is 0.355 e. The fourth-order valence-electron chi connectivity index (χ4n) is 1.03. The van der Waals surface area contributed by atoms with Gasteiger partial charge in [0.25, 0.3) is 0 Å². The molecular formula is C10H20ClO4P. The monoisotopic (exact) mass is 270 g/mol. The Morgan fingerprint density at radius 2 is 1.62 bits per heavy atom. The van der Waals surface area contributed by atoms with Crippen LogP contribution < -0.4 is 0 Å². The average molecular weight is 271 g/mol. The molecule has 1 atom stereocenters. The molecule has 16 heavy (non-hydrogen) atoms. The summed E-state index contributed by atoms with van der Waals surface area (Å²) in [4.78, 5) is 11.9. The van der Waals surface area contributed by atoms with Crippen molar-refractivity contribution in [1.29, 1.82) is 0 Å². The molecule has 0 aliphatic heterocycles. The first-order chi connectivity index (χ1) is 7.19. The molecule has 0 aromatic heterocycles. The van der Waals surface area contributed by atoms with Crippen LogP contribution in [-0.2, 0) is 18.4 Å². The van der Waals surface area contributed by atoms with Crippen LogP contribution in [0.15, 0.2) is 0 Å². The topological polar surface area (TPSA) is 52.6 Å². The molecule has 0 aromatic rings. The second-order valence-electron chi connectivity index (χ2n) is 4.33. The van der Waals surface area contributed by atoms with Gasteiger partial charge in [0.1, 0.15) is 0 Å². The summed E-state index contributed by atoms with van der Waals surface area (Å²) in [5.41, 5.74) is -0.670. The largest absolute Gasteiger partial charge is 0.355 e. The molecule has 0 bridgehead atoms. The Balaban J connectivity index is 4.95. The number of hydrogen-bond acceptors (Lipinski definition) is 4. The summed E-state index contributed by atoms with van der Waals surface area (Å²) in [6.45, 7) is 8.89. The van der Waals surface area contributed by atoms with E-state index in [2.05, 4.69) is 0 Å². The summed E-state index contributed by atoms with van der Waals surface area (Å²) in [5.74, 6) is -0.334. The molecule has 0 unspecified atom stereocenters. The van der Waals surface area contributed by atoms with Crippen molar-refractivity contribution in [1.82, 2.24) is 0 Å². The minimum absolute atomic E-state index is 0.192. The van der Waals surface area contributed by atoms with Gasteiger partial charge in [0.15, 0.2) is 10.9 Å². The molecule has 0 aromatic carbocycles. The fourth-order valence-corrected chi connectivity index (χ4v) is 3.42. The van der Waals surface area contributed by atoms with E-state index in [-0.39, 0.29) is 19.0 Å².